The zero-order chi connectivity index (χ0) is 18.0. The van der Waals surface area contributed by atoms with Crippen LogP contribution in [0.4, 0.5) is 18.9 Å². The molecule has 25 heavy (non-hydrogen) atoms. The molecule has 6 heteroatoms. The van der Waals surface area contributed by atoms with E-state index in [9.17, 15) is 13.2 Å². The minimum atomic E-state index is -1.19. The molecule has 0 bridgehead atoms. The van der Waals surface area contributed by atoms with Crippen molar-refractivity contribution in [2.45, 2.75) is 24.8 Å². The summed E-state index contributed by atoms with van der Waals surface area (Å²) in [5.74, 6) is -3.37. The number of hydrogen-bond donors (Lipinski definition) is 2. The molecule has 1 aliphatic carbocycles. The number of nitrogens with two attached hydrogens (primary N) is 1. The number of nitrogens with one attached hydrogen (secondary N) is 1. The third-order valence-corrected chi connectivity index (χ3v) is 4.69. The van der Waals surface area contributed by atoms with Crippen molar-refractivity contribution in [1.29, 1.82) is 0 Å². The largest absolute Gasteiger partial charge is 0.381 e. The van der Waals surface area contributed by atoms with Gasteiger partial charge >= 0.3 is 0 Å². The lowest BCUT2D eigenvalue weighted by Crippen LogP contribution is -2.33. The van der Waals surface area contributed by atoms with Gasteiger partial charge in [0.25, 0.3) is 0 Å². The SMILES string of the molecule is NC1CC(CNc2cccc(Cl)c2)=CCC1c1cc(F)c(F)cc1F. The predicted molar refractivity (Wildman–Crippen MR) is 94.3 cm³/mol. The molecule has 3 N–H and O–H groups in total. The lowest BCUT2D eigenvalue weighted by molar-refractivity contribution is 0.455. The Kier molecular flexibility index (Phi) is 5.35. The van der Waals surface area contributed by atoms with E-state index in [0.29, 0.717) is 30.5 Å². The van der Waals surface area contributed by atoms with Crippen LogP contribution in [-0.4, -0.2) is 12.6 Å². The Bertz CT molecular complexity index is 807. The maximum absolute atomic E-state index is 14.0. The summed E-state index contributed by atoms with van der Waals surface area (Å²) in [5.41, 5.74) is 8.30. The van der Waals surface area contributed by atoms with E-state index in [1.807, 2.05) is 24.3 Å². The van der Waals surface area contributed by atoms with Gasteiger partial charge in [-0.1, -0.05) is 29.3 Å². The molecule has 132 valence electrons. The van der Waals surface area contributed by atoms with Gasteiger partial charge in [-0.15, -0.1) is 0 Å². The molecular formula is C19H18ClF3N2. The zero-order valence-corrected chi connectivity index (χ0v) is 14.2. The summed E-state index contributed by atoms with van der Waals surface area (Å²) in [4.78, 5) is 0. The summed E-state index contributed by atoms with van der Waals surface area (Å²) in [6.45, 7) is 0.598. The highest BCUT2D eigenvalue weighted by atomic mass is 35.5. The number of halogens is 4. The molecule has 3 rings (SSSR count). The molecule has 2 nitrogen and oxygen atoms in total. The van der Waals surface area contributed by atoms with E-state index in [1.54, 1.807) is 6.07 Å². The van der Waals surface area contributed by atoms with Crippen LogP contribution in [-0.2, 0) is 0 Å². The molecule has 0 saturated carbocycles. The smallest absolute Gasteiger partial charge is 0.161 e. The molecule has 1 aliphatic rings. The summed E-state index contributed by atoms with van der Waals surface area (Å²) in [7, 11) is 0. The molecule has 2 atom stereocenters. The van der Waals surface area contributed by atoms with Gasteiger partial charge in [0, 0.05) is 35.3 Å². The van der Waals surface area contributed by atoms with Crippen LogP contribution >= 0.6 is 11.6 Å². The van der Waals surface area contributed by atoms with E-state index < -0.39 is 17.5 Å². The van der Waals surface area contributed by atoms with Gasteiger partial charge in [-0.2, -0.15) is 0 Å². The summed E-state index contributed by atoms with van der Waals surface area (Å²) in [6, 6.07) is 8.52. The summed E-state index contributed by atoms with van der Waals surface area (Å²) < 4.78 is 40.5. The van der Waals surface area contributed by atoms with E-state index >= 15 is 0 Å². The van der Waals surface area contributed by atoms with Gasteiger partial charge in [0.05, 0.1) is 0 Å². The number of hydrogen-bond acceptors (Lipinski definition) is 2. The van der Waals surface area contributed by atoms with Crippen LogP contribution in [0.25, 0.3) is 0 Å². The maximum atomic E-state index is 14.0. The molecule has 0 fully saturated rings. The Morgan fingerprint density at radius 2 is 1.84 bits per heavy atom. The van der Waals surface area contributed by atoms with Gasteiger partial charge in [0.2, 0.25) is 0 Å². The van der Waals surface area contributed by atoms with Gasteiger partial charge in [-0.3, -0.25) is 0 Å². The second-order valence-electron chi connectivity index (χ2n) is 6.22. The number of allylic oxidation sites excluding steroid dienone is 1. The Morgan fingerprint density at radius 1 is 1.08 bits per heavy atom. The van der Waals surface area contributed by atoms with Crippen molar-refractivity contribution in [2.75, 3.05) is 11.9 Å². The minimum Gasteiger partial charge on any atom is -0.381 e. The number of rotatable bonds is 4. The van der Waals surface area contributed by atoms with Gasteiger partial charge in [-0.05, 0) is 42.7 Å². The second kappa shape index (κ2) is 7.50. The fourth-order valence-corrected chi connectivity index (χ4v) is 3.33. The first-order valence-corrected chi connectivity index (χ1v) is 8.39. The molecule has 2 aromatic rings. The monoisotopic (exact) mass is 366 g/mol. The van der Waals surface area contributed by atoms with Crippen molar-refractivity contribution >= 4 is 17.3 Å². The normalized spacial score (nSPS) is 20.3. The van der Waals surface area contributed by atoms with Crippen molar-refractivity contribution in [3.8, 4) is 0 Å². The molecule has 0 spiro atoms. The van der Waals surface area contributed by atoms with Gasteiger partial charge in [0.1, 0.15) is 5.82 Å². The quantitative estimate of drug-likeness (QED) is 0.590. The Morgan fingerprint density at radius 3 is 2.56 bits per heavy atom. The topological polar surface area (TPSA) is 38.0 Å². The third-order valence-electron chi connectivity index (χ3n) is 4.46. The summed E-state index contributed by atoms with van der Waals surface area (Å²) in [6.07, 6.45) is 3.01. The van der Waals surface area contributed by atoms with Crippen molar-refractivity contribution in [1.82, 2.24) is 0 Å². The molecule has 0 aliphatic heterocycles. The van der Waals surface area contributed by atoms with Crippen LogP contribution in [0.5, 0.6) is 0 Å². The third kappa shape index (κ3) is 4.17. The van der Waals surface area contributed by atoms with Crippen LogP contribution in [0.15, 0.2) is 48.0 Å². The highest BCUT2D eigenvalue weighted by Gasteiger charge is 2.27. The minimum absolute atomic E-state index is 0.129. The average molecular weight is 367 g/mol. The van der Waals surface area contributed by atoms with Crippen LogP contribution in [0.1, 0.15) is 24.3 Å². The molecule has 0 radical (unpaired) electrons. The van der Waals surface area contributed by atoms with Crippen LogP contribution in [0.3, 0.4) is 0 Å². The second-order valence-corrected chi connectivity index (χ2v) is 6.66. The standard InChI is InChI=1S/C19H18ClF3N2/c20-12-2-1-3-13(7-12)25-10-11-4-5-14(19(24)6-11)15-8-17(22)18(23)9-16(15)21/h1-4,7-9,14,19,25H,5-6,10,24H2. The lowest BCUT2D eigenvalue weighted by atomic mass is 9.80. The molecule has 0 heterocycles. The molecule has 0 saturated heterocycles. The van der Waals surface area contributed by atoms with Crippen molar-refractivity contribution in [3.05, 3.63) is 76.1 Å². The van der Waals surface area contributed by atoms with Crippen LogP contribution < -0.4 is 11.1 Å². The first-order chi connectivity index (χ1) is 11.9. The van der Waals surface area contributed by atoms with Crippen LogP contribution in [0, 0.1) is 17.5 Å². The van der Waals surface area contributed by atoms with E-state index in [2.05, 4.69) is 5.32 Å². The summed E-state index contributed by atoms with van der Waals surface area (Å²) >= 11 is 5.95. The van der Waals surface area contributed by atoms with Crippen molar-refractivity contribution in [2.24, 2.45) is 5.73 Å². The Balaban J connectivity index is 1.69. The first kappa shape index (κ1) is 17.8. The molecular weight excluding hydrogens is 349 g/mol. The fourth-order valence-electron chi connectivity index (χ4n) is 3.13. The zero-order valence-electron chi connectivity index (χ0n) is 13.4. The maximum Gasteiger partial charge on any atom is 0.161 e. The number of benzene rings is 2. The molecule has 0 amide bonds. The van der Waals surface area contributed by atoms with Crippen LogP contribution in [0.2, 0.25) is 5.02 Å². The van der Waals surface area contributed by atoms with Crippen molar-refractivity contribution in [3.63, 3.8) is 0 Å². The predicted octanol–water partition coefficient (Wildman–Crippen LogP) is 5.00. The van der Waals surface area contributed by atoms with Gasteiger partial charge in [-0.25, -0.2) is 13.2 Å². The highest BCUT2D eigenvalue weighted by Crippen LogP contribution is 2.33. The van der Waals surface area contributed by atoms with E-state index in [0.717, 1.165) is 17.3 Å². The fraction of sp³-hybridized carbons (Fsp3) is 0.263. The first-order valence-electron chi connectivity index (χ1n) is 8.01. The van der Waals surface area contributed by atoms with E-state index in [4.69, 9.17) is 17.3 Å². The van der Waals surface area contributed by atoms with E-state index in [1.165, 1.54) is 0 Å². The Labute approximate surface area is 149 Å². The molecule has 0 aromatic heterocycles. The van der Waals surface area contributed by atoms with Gasteiger partial charge in [0.15, 0.2) is 11.6 Å². The summed E-state index contributed by atoms with van der Waals surface area (Å²) in [5, 5.41) is 3.91. The highest BCUT2D eigenvalue weighted by molar-refractivity contribution is 6.30. The number of anilines is 1. The van der Waals surface area contributed by atoms with Crippen molar-refractivity contribution < 1.29 is 13.2 Å². The van der Waals surface area contributed by atoms with Gasteiger partial charge < -0.3 is 11.1 Å². The Hall–Kier alpha value is -1.98. The average Bonchev–Trinajstić information content (AvgIpc) is 2.57. The molecule has 2 aromatic carbocycles. The van der Waals surface area contributed by atoms with E-state index in [-0.39, 0.29) is 17.5 Å². The molecule has 2 unspecified atom stereocenters. The lowest BCUT2D eigenvalue weighted by Gasteiger charge is -2.29.